The van der Waals surface area contributed by atoms with Crippen LogP contribution in [0, 0.1) is 11.8 Å². The van der Waals surface area contributed by atoms with E-state index in [0.717, 1.165) is 36.8 Å². The van der Waals surface area contributed by atoms with Gasteiger partial charge in [-0.25, -0.2) is 0 Å². The van der Waals surface area contributed by atoms with Crippen LogP contribution in [0.5, 0.6) is 0 Å². The molecule has 0 bridgehead atoms. The number of carbonyl (C=O) groups is 5. The van der Waals surface area contributed by atoms with E-state index in [2.05, 4.69) is 17.6 Å². The van der Waals surface area contributed by atoms with Gasteiger partial charge >= 0.3 is 0 Å². The van der Waals surface area contributed by atoms with Crippen LogP contribution in [-0.2, 0) is 24.0 Å². The lowest BCUT2D eigenvalue weighted by Gasteiger charge is -2.38. The topological polar surface area (TPSA) is 168 Å². The molecule has 48 heavy (non-hydrogen) atoms. The molecule has 1 aliphatic carbocycles. The molecule has 2 aromatic carbocycles. The fourth-order valence-corrected chi connectivity index (χ4v) is 7.51. The van der Waals surface area contributed by atoms with Gasteiger partial charge in [0.25, 0.3) is 0 Å². The quantitative estimate of drug-likeness (QED) is 0.290. The van der Waals surface area contributed by atoms with E-state index in [1.165, 1.54) is 0 Å². The Labute approximate surface area is 283 Å². The van der Waals surface area contributed by atoms with Crippen molar-refractivity contribution >= 4 is 29.5 Å². The zero-order valence-electron chi connectivity index (χ0n) is 27.9. The van der Waals surface area contributed by atoms with Gasteiger partial charge in [-0.15, -0.1) is 0 Å². The van der Waals surface area contributed by atoms with Gasteiger partial charge in [0.1, 0.15) is 18.1 Å². The van der Waals surface area contributed by atoms with Gasteiger partial charge in [0.2, 0.25) is 29.5 Å². The first kappa shape index (κ1) is 35.1. The fraction of sp³-hybridized carbons (Fsp3) is 0.541. The number of primary amides is 1. The highest BCUT2D eigenvalue weighted by atomic mass is 16.2. The van der Waals surface area contributed by atoms with Crippen LogP contribution in [0.4, 0.5) is 0 Å². The molecule has 0 radical (unpaired) electrons. The van der Waals surface area contributed by atoms with Crippen LogP contribution >= 0.6 is 0 Å². The molecule has 3 aliphatic rings. The number of benzene rings is 2. The monoisotopic (exact) mass is 658 g/mol. The summed E-state index contributed by atoms with van der Waals surface area (Å²) < 4.78 is 0. The smallest absolute Gasteiger partial charge is 0.243 e. The SMILES string of the molecule is CC1CCC(CC(=O)N2CC[C@H]3CC[C@@H](C(=O)N[C@@H](CCC(N)=O)C(=O)NC(c4ccccc4)c4ccccc4)N3C(=O)[C@@H](N)C2)CC1. The van der Waals surface area contributed by atoms with Crippen LogP contribution in [-0.4, -0.2) is 76.6 Å². The van der Waals surface area contributed by atoms with Crippen molar-refractivity contribution in [3.05, 3.63) is 71.8 Å². The molecule has 5 amide bonds. The molecule has 258 valence electrons. The third-order valence-electron chi connectivity index (χ3n) is 10.3. The molecule has 2 aliphatic heterocycles. The molecule has 2 aromatic rings. The third-order valence-corrected chi connectivity index (χ3v) is 10.3. The highest BCUT2D eigenvalue weighted by molar-refractivity contribution is 5.94. The molecule has 0 unspecified atom stereocenters. The maximum atomic E-state index is 13.8. The number of carbonyl (C=O) groups excluding carboxylic acids is 5. The molecule has 5 rings (SSSR count). The fourth-order valence-electron chi connectivity index (χ4n) is 7.51. The van der Waals surface area contributed by atoms with Crippen LogP contribution in [0.1, 0.15) is 88.3 Å². The summed E-state index contributed by atoms with van der Waals surface area (Å²) in [6.07, 6.45) is 6.31. The summed E-state index contributed by atoms with van der Waals surface area (Å²) in [6, 6.07) is 15.4. The second-order valence-electron chi connectivity index (χ2n) is 13.9. The first-order chi connectivity index (χ1) is 23.1. The van der Waals surface area contributed by atoms with Crippen molar-refractivity contribution < 1.29 is 24.0 Å². The summed E-state index contributed by atoms with van der Waals surface area (Å²) in [6.45, 7) is 2.84. The van der Waals surface area contributed by atoms with E-state index in [1.807, 2.05) is 60.7 Å². The number of nitrogens with two attached hydrogens (primary N) is 2. The molecular formula is C37H50N6O5. The number of hydrogen-bond donors (Lipinski definition) is 4. The number of fused-ring (bicyclic) bond motifs is 1. The Hall–Kier alpha value is -4.25. The zero-order valence-corrected chi connectivity index (χ0v) is 27.9. The molecule has 1 saturated carbocycles. The summed E-state index contributed by atoms with van der Waals surface area (Å²) in [5.41, 5.74) is 13.6. The normalized spacial score (nSPS) is 25.1. The zero-order chi connectivity index (χ0) is 34.2. The maximum absolute atomic E-state index is 13.8. The minimum absolute atomic E-state index is 0.00376. The maximum Gasteiger partial charge on any atom is 0.243 e. The predicted octanol–water partition coefficient (Wildman–Crippen LogP) is 2.78. The van der Waals surface area contributed by atoms with Crippen LogP contribution in [0.15, 0.2) is 60.7 Å². The van der Waals surface area contributed by atoms with Crippen LogP contribution in [0.3, 0.4) is 0 Å². The molecule has 4 atom stereocenters. The van der Waals surface area contributed by atoms with E-state index in [4.69, 9.17) is 11.5 Å². The number of nitrogens with zero attached hydrogens (tertiary/aromatic N) is 2. The number of rotatable bonds is 11. The lowest BCUT2D eigenvalue weighted by atomic mass is 9.81. The average molecular weight is 659 g/mol. The van der Waals surface area contributed by atoms with Crippen molar-refractivity contribution in [1.29, 1.82) is 0 Å². The summed E-state index contributed by atoms with van der Waals surface area (Å²) in [4.78, 5) is 69.7. The van der Waals surface area contributed by atoms with Gasteiger partial charge in [0.05, 0.1) is 6.04 Å². The largest absolute Gasteiger partial charge is 0.370 e. The summed E-state index contributed by atoms with van der Waals surface area (Å²) in [5, 5.41) is 5.91. The predicted molar refractivity (Wildman–Crippen MR) is 182 cm³/mol. The standard InChI is InChI=1S/C37H50N6O5/c1-24-12-14-25(15-13-24)22-33(45)42-21-20-28-16-18-31(43(28)37(48)29(38)23-42)36(47)40-30(17-19-32(39)44)35(46)41-34(26-8-4-2-5-9-26)27-10-6-3-7-11-27/h2-11,24-25,28-31,34H,12-23,38H2,1H3,(H2,39,44)(H,40,47)(H,41,46)/t24?,25?,28-,29+,30+,31+/m1/s1. The Morgan fingerprint density at radius 2 is 1.48 bits per heavy atom. The Kier molecular flexibility index (Phi) is 11.9. The van der Waals surface area contributed by atoms with E-state index in [-0.39, 0.29) is 37.2 Å². The Balaban J connectivity index is 1.26. The summed E-state index contributed by atoms with van der Waals surface area (Å²) in [5.74, 6) is -0.770. The highest BCUT2D eigenvalue weighted by Gasteiger charge is 2.45. The average Bonchev–Trinajstić information content (AvgIpc) is 3.51. The van der Waals surface area contributed by atoms with Crippen molar-refractivity contribution in [2.24, 2.45) is 23.3 Å². The Morgan fingerprint density at radius 1 is 0.854 bits per heavy atom. The lowest BCUT2D eigenvalue weighted by Crippen LogP contribution is -2.60. The van der Waals surface area contributed by atoms with Gasteiger partial charge in [-0.2, -0.15) is 0 Å². The van der Waals surface area contributed by atoms with Crippen molar-refractivity contribution in [1.82, 2.24) is 20.4 Å². The Bertz CT molecular complexity index is 1390. The van der Waals surface area contributed by atoms with Crippen molar-refractivity contribution in [2.45, 2.75) is 101 Å². The molecule has 2 heterocycles. The molecule has 0 spiro atoms. The minimum Gasteiger partial charge on any atom is -0.370 e. The van der Waals surface area contributed by atoms with Gasteiger partial charge in [0.15, 0.2) is 0 Å². The highest BCUT2D eigenvalue weighted by Crippen LogP contribution is 2.32. The van der Waals surface area contributed by atoms with E-state index in [1.54, 1.807) is 9.80 Å². The van der Waals surface area contributed by atoms with Crippen LogP contribution in [0.25, 0.3) is 0 Å². The number of amides is 5. The molecule has 3 fully saturated rings. The Morgan fingerprint density at radius 3 is 2.08 bits per heavy atom. The van der Waals surface area contributed by atoms with Crippen molar-refractivity contribution in [3.63, 3.8) is 0 Å². The van der Waals surface area contributed by atoms with Gasteiger partial charge in [-0.05, 0) is 61.5 Å². The first-order valence-corrected chi connectivity index (χ1v) is 17.4. The van der Waals surface area contributed by atoms with Crippen LogP contribution in [0.2, 0.25) is 0 Å². The van der Waals surface area contributed by atoms with Crippen molar-refractivity contribution in [2.75, 3.05) is 13.1 Å². The molecule has 11 heteroatoms. The first-order valence-electron chi connectivity index (χ1n) is 17.4. The van der Waals surface area contributed by atoms with E-state index < -0.39 is 41.9 Å². The van der Waals surface area contributed by atoms with Gasteiger partial charge in [-0.1, -0.05) is 80.4 Å². The summed E-state index contributed by atoms with van der Waals surface area (Å²) >= 11 is 0. The lowest BCUT2D eigenvalue weighted by molar-refractivity contribution is -0.145. The molecular weight excluding hydrogens is 608 g/mol. The van der Waals surface area contributed by atoms with Crippen LogP contribution < -0.4 is 22.1 Å². The molecule has 2 saturated heterocycles. The van der Waals surface area contributed by atoms with E-state index >= 15 is 0 Å². The number of hydrogen-bond acceptors (Lipinski definition) is 6. The second kappa shape index (κ2) is 16.2. The van der Waals surface area contributed by atoms with E-state index in [9.17, 15) is 24.0 Å². The molecule has 0 aromatic heterocycles. The van der Waals surface area contributed by atoms with Gasteiger partial charge < -0.3 is 31.9 Å². The minimum atomic E-state index is -1.06. The van der Waals surface area contributed by atoms with Gasteiger partial charge in [0, 0.05) is 32.0 Å². The van der Waals surface area contributed by atoms with E-state index in [0.29, 0.717) is 44.1 Å². The van der Waals surface area contributed by atoms with Gasteiger partial charge in [-0.3, -0.25) is 24.0 Å². The van der Waals surface area contributed by atoms with Crippen molar-refractivity contribution in [3.8, 4) is 0 Å². The number of nitrogens with one attached hydrogen (secondary N) is 2. The molecule has 6 N–H and O–H groups in total. The summed E-state index contributed by atoms with van der Waals surface area (Å²) in [7, 11) is 0. The third kappa shape index (κ3) is 8.80. The molecule has 11 nitrogen and oxygen atoms in total. The second-order valence-corrected chi connectivity index (χ2v) is 13.9.